The van der Waals surface area contributed by atoms with Crippen molar-refractivity contribution in [3.05, 3.63) is 59.2 Å². The Kier molecular flexibility index (Phi) is 4.02. The zero-order valence-electron chi connectivity index (χ0n) is 13.1. The molecular formula is C18H18N2O3. The smallest absolute Gasteiger partial charge is 0.275 e. The van der Waals surface area contributed by atoms with Crippen molar-refractivity contribution >= 4 is 17.5 Å². The Labute approximate surface area is 134 Å². The molecule has 2 amide bonds. The highest BCUT2D eigenvalue weighted by molar-refractivity contribution is 6.11. The van der Waals surface area contributed by atoms with Crippen molar-refractivity contribution in [1.29, 1.82) is 0 Å². The normalized spacial score (nSPS) is 16.1. The molecule has 0 spiro atoms. The average molecular weight is 310 g/mol. The Morgan fingerprint density at radius 2 is 2.00 bits per heavy atom. The summed E-state index contributed by atoms with van der Waals surface area (Å²) in [5.41, 5.74) is 3.70. The molecule has 1 heterocycles. The molecule has 1 aliphatic heterocycles. The summed E-state index contributed by atoms with van der Waals surface area (Å²) in [6.07, 6.45) is -1.17. The molecular weight excluding hydrogens is 292 g/mol. The van der Waals surface area contributed by atoms with Gasteiger partial charge in [-0.2, -0.15) is 0 Å². The number of nitrogens with one attached hydrogen (secondary N) is 2. The molecule has 0 saturated heterocycles. The highest BCUT2D eigenvalue weighted by Crippen LogP contribution is 2.30. The first-order valence-electron chi connectivity index (χ1n) is 7.45. The minimum Gasteiger partial charge on any atom is -0.468 e. The highest BCUT2D eigenvalue weighted by Gasteiger charge is 2.33. The van der Waals surface area contributed by atoms with Crippen molar-refractivity contribution in [2.24, 2.45) is 0 Å². The van der Waals surface area contributed by atoms with Crippen LogP contribution in [0.25, 0.3) is 0 Å². The van der Waals surface area contributed by atoms with Crippen LogP contribution in [-0.4, -0.2) is 17.9 Å². The third kappa shape index (κ3) is 3.18. The molecule has 0 aromatic heterocycles. The van der Waals surface area contributed by atoms with Crippen LogP contribution in [0.5, 0.6) is 5.75 Å². The number of hydrogen-bond donors (Lipinski definition) is 2. The lowest BCUT2D eigenvalue weighted by Crippen LogP contribution is -2.48. The Bertz CT molecular complexity index is 771. The van der Waals surface area contributed by atoms with E-state index in [9.17, 15) is 9.59 Å². The van der Waals surface area contributed by atoms with E-state index in [0.29, 0.717) is 18.0 Å². The summed E-state index contributed by atoms with van der Waals surface area (Å²) in [6.45, 7) is 4.26. The Morgan fingerprint density at radius 1 is 1.22 bits per heavy atom. The molecule has 23 heavy (non-hydrogen) atoms. The van der Waals surface area contributed by atoms with Gasteiger partial charge in [-0.15, -0.1) is 0 Å². The Morgan fingerprint density at radius 3 is 2.78 bits per heavy atom. The van der Waals surface area contributed by atoms with Gasteiger partial charge in [-0.25, -0.2) is 0 Å². The van der Waals surface area contributed by atoms with E-state index in [-0.39, 0.29) is 0 Å². The number of aryl methyl sites for hydroxylation is 2. The number of hydrogen-bond acceptors (Lipinski definition) is 3. The lowest BCUT2D eigenvalue weighted by atomic mass is 10.1. The van der Waals surface area contributed by atoms with Crippen LogP contribution >= 0.6 is 0 Å². The van der Waals surface area contributed by atoms with E-state index in [1.165, 1.54) is 0 Å². The van der Waals surface area contributed by atoms with E-state index < -0.39 is 17.9 Å². The van der Waals surface area contributed by atoms with E-state index >= 15 is 0 Å². The number of anilines is 1. The third-order valence-electron chi connectivity index (χ3n) is 3.83. The van der Waals surface area contributed by atoms with Gasteiger partial charge in [-0.05, 0) is 42.7 Å². The standard InChI is InChI=1S/C18H18N2O3/c1-11-7-8-15-14(9-11)20-18(22)16(23-15)17(21)19-10-13-6-4-3-5-12(13)2/h3-9,16H,10H2,1-2H3,(H,19,21)(H,20,22)/t16-/m0/s1. The van der Waals surface area contributed by atoms with Gasteiger partial charge in [0.1, 0.15) is 5.75 Å². The summed E-state index contributed by atoms with van der Waals surface area (Å²) in [4.78, 5) is 24.4. The van der Waals surface area contributed by atoms with Gasteiger partial charge in [-0.1, -0.05) is 30.3 Å². The van der Waals surface area contributed by atoms with Gasteiger partial charge in [0.15, 0.2) is 0 Å². The second-order valence-corrected chi connectivity index (χ2v) is 5.63. The molecule has 0 aliphatic carbocycles. The zero-order chi connectivity index (χ0) is 16.4. The van der Waals surface area contributed by atoms with Crippen LogP contribution in [-0.2, 0) is 16.1 Å². The fraction of sp³-hybridized carbons (Fsp3) is 0.222. The minimum absolute atomic E-state index is 0.361. The zero-order valence-corrected chi connectivity index (χ0v) is 13.1. The number of carbonyl (C=O) groups is 2. The summed E-state index contributed by atoms with van der Waals surface area (Å²) >= 11 is 0. The van der Waals surface area contributed by atoms with Crippen LogP contribution in [0, 0.1) is 13.8 Å². The first-order valence-corrected chi connectivity index (χ1v) is 7.45. The molecule has 5 heteroatoms. The van der Waals surface area contributed by atoms with Gasteiger partial charge in [0.05, 0.1) is 5.69 Å². The molecule has 5 nitrogen and oxygen atoms in total. The van der Waals surface area contributed by atoms with Crippen LogP contribution in [0.1, 0.15) is 16.7 Å². The van der Waals surface area contributed by atoms with Crippen molar-refractivity contribution in [2.45, 2.75) is 26.5 Å². The fourth-order valence-electron chi connectivity index (χ4n) is 2.48. The van der Waals surface area contributed by atoms with Crippen molar-refractivity contribution in [2.75, 3.05) is 5.32 Å². The van der Waals surface area contributed by atoms with E-state index in [1.54, 1.807) is 6.07 Å². The van der Waals surface area contributed by atoms with E-state index in [1.807, 2.05) is 50.2 Å². The van der Waals surface area contributed by atoms with Crippen molar-refractivity contribution < 1.29 is 14.3 Å². The first kappa shape index (κ1) is 15.1. The molecule has 0 unspecified atom stereocenters. The maximum Gasteiger partial charge on any atom is 0.275 e. The van der Waals surface area contributed by atoms with Gasteiger partial charge >= 0.3 is 0 Å². The van der Waals surface area contributed by atoms with Gasteiger partial charge < -0.3 is 15.4 Å². The van der Waals surface area contributed by atoms with E-state index in [0.717, 1.165) is 16.7 Å². The molecule has 0 saturated carbocycles. The molecule has 118 valence electrons. The third-order valence-corrected chi connectivity index (χ3v) is 3.83. The van der Waals surface area contributed by atoms with Gasteiger partial charge in [-0.3, -0.25) is 9.59 Å². The van der Waals surface area contributed by atoms with Gasteiger partial charge in [0.25, 0.3) is 17.9 Å². The van der Waals surface area contributed by atoms with Crippen molar-refractivity contribution in [3.63, 3.8) is 0 Å². The molecule has 0 radical (unpaired) electrons. The average Bonchev–Trinajstić information content (AvgIpc) is 2.53. The largest absolute Gasteiger partial charge is 0.468 e. The summed E-state index contributed by atoms with van der Waals surface area (Å²) in [5, 5.41) is 5.47. The van der Waals surface area contributed by atoms with Crippen LogP contribution in [0.15, 0.2) is 42.5 Å². The summed E-state index contributed by atoms with van der Waals surface area (Å²) in [5.74, 6) is -0.395. The lowest BCUT2D eigenvalue weighted by molar-refractivity contribution is -0.137. The van der Waals surface area contributed by atoms with Crippen LogP contribution in [0.2, 0.25) is 0 Å². The van der Waals surface area contributed by atoms with Crippen molar-refractivity contribution in [1.82, 2.24) is 5.32 Å². The molecule has 1 aliphatic rings. The Balaban J connectivity index is 1.69. The summed E-state index contributed by atoms with van der Waals surface area (Å²) in [6, 6.07) is 13.2. The van der Waals surface area contributed by atoms with E-state index in [2.05, 4.69) is 10.6 Å². The molecule has 0 bridgehead atoms. The van der Waals surface area contributed by atoms with Crippen molar-refractivity contribution in [3.8, 4) is 5.75 Å². The molecule has 2 aromatic rings. The number of carbonyl (C=O) groups excluding carboxylic acids is 2. The lowest BCUT2D eigenvalue weighted by Gasteiger charge is -2.25. The molecule has 2 aromatic carbocycles. The van der Waals surface area contributed by atoms with E-state index in [4.69, 9.17) is 4.74 Å². The predicted molar refractivity (Wildman–Crippen MR) is 87.3 cm³/mol. The maximum atomic E-state index is 12.3. The molecule has 1 atom stereocenters. The number of fused-ring (bicyclic) bond motifs is 1. The topological polar surface area (TPSA) is 67.4 Å². The number of rotatable bonds is 3. The molecule has 0 fully saturated rings. The summed E-state index contributed by atoms with van der Waals surface area (Å²) in [7, 11) is 0. The fourth-order valence-corrected chi connectivity index (χ4v) is 2.48. The summed E-state index contributed by atoms with van der Waals surface area (Å²) < 4.78 is 5.56. The second-order valence-electron chi connectivity index (χ2n) is 5.63. The van der Waals surface area contributed by atoms with Gasteiger partial charge in [0.2, 0.25) is 0 Å². The maximum absolute atomic E-state index is 12.3. The molecule has 3 rings (SSSR count). The number of ether oxygens (including phenoxy) is 1. The quantitative estimate of drug-likeness (QED) is 0.855. The van der Waals surface area contributed by atoms with Crippen LogP contribution < -0.4 is 15.4 Å². The monoisotopic (exact) mass is 310 g/mol. The van der Waals surface area contributed by atoms with Crippen LogP contribution in [0.4, 0.5) is 5.69 Å². The van der Waals surface area contributed by atoms with Gasteiger partial charge in [0, 0.05) is 6.54 Å². The predicted octanol–water partition coefficient (Wildman–Crippen LogP) is 2.32. The number of amides is 2. The SMILES string of the molecule is Cc1ccc2c(c1)NC(=O)[C@H](C(=O)NCc1ccccc1C)O2. The van der Waals surface area contributed by atoms with Crippen LogP contribution in [0.3, 0.4) is 0 Å². The number of benzene rings is 2. The first-order chi connectivity index (χ1) is 11.0. The molecule has 2 N–H and O–H groups in total. The Hall–Kier alpha value is -2.82. The second kappa shape index (κ2) is 6.12. The highest BCUT2D eigenvalue weighted by atomic mass is 16.5. The minimum atomic E-state index is -1.17.